The number of ether oxygens (including phenoxy) is 2. The Morgan fingerprint density at radius 1 is 1.30 bits per heavy atom. The number of hydrogen-bond donors (Lipinski definition) is 1. The Kier molecular flexibility index (Phi) is 8.30. The monoisotopic (exact) mass is 318 g/mol. The highest BCUT2D eigenvalue weighted by atomic mass is 16.5. The van der Waals surface area contributed by atoms with Crippen LogP contribution in [0.3, 0.4) is 0 Å². The van der Waals surface area contributed by atoms with Gasteiger partial charge >= 0.3 is 0 Å². The summed E-state index contributed by atoms with van der Waals surface area (Å²) in [4.78, 5) is 12.0. The molecular weight excluding hydrogens is 292 g/mol. The summed E-state index contributed by atoms with van der Waals surface area (Å²) in [7, 11) is 1.62. The van der Waals surface area contributed by atoms with Crippen molar-refractivity contribution in [3.8, 4) is 5.75 Å². The van der Waals surface area contributed by atoms with Crippen LogP contribution >= 0.6 is 0 Å². The van der Waals surface area contributed by atoms with E-state index in [0.717, 1.165) is 11.3 Å². The number of carbonyl (C=O) groups is 1. The van der Waals surface area contributed by atoms with Crippen LogP contribution in [0.4, 0.5) is 0 Å². The molecule has 1 rings (SSSR count). The van der Waals surface area contributed by atoms with Gasteiger partial charge in [0.15, 0.2) is 0 Å². The smallest absolute Gasteiger partial charge is 0.138 e. The minimum Gasteiger partial charge on any atom is -0.497 e. The molecule has 1 aromatic rings. The summed E-state index contributed by atoms with van der Waals surface area (Å²) in [6, 6.07) is 7.60. The second-order valence-electron chi connectivity index (χ2n) is 5.53. The standard InChI is InChI=1S/C19H26O4/c1-5-6-18(11-16(20)12-19(21)14(2)3)23-13-15-7-9-17(22-4)10-8-15/h5-10,18-19,21H,2,11-13H2,1,3-4H3/b6-5+/t18-,19+/m0/s1. The van der Waals surface area contributed by atoms with E-state index in [2.05, 4.69) is 6.58 Å². The van der Waals surface area contributed by atoms with Gasteiger partial charge in [-0.15, -0.1) is 0 Å². The topological polar surface area (TPSA) is 55.8 Å². The molecule has 0 aromatic heterocycles. The molecule has 4 heteroatoms. The molecule has 1 N–H and O–H groups in total. The molecule has 1 aromatic carbocycles. The number of allylic oxidation sites excluding steroid dienone is 1. The fraction of sp³-hybridized carbons (Fsp3) is 0.421. The zero-order valence-corrected chi connectivity index (χ0v) is 14.1. The molecule has 0 aliphatic heterocycles. The zero-order valence-electron chi connectivity index (χ0n) is 14.1. The third kappa shape index (κ3) is 7.26. The fourth-order valence-electron chi connectivity index (χ4n) is 2.02. The van der Waals surface area contributed by atoms with Gasteiger partial charge in [0, 0.05) is 12.8 Å². The Balaban J connectivity index is 2.53. The summed E-state index contributed by atoms with van der Waals surface area (Å²) < 4.78 is 10.9. The summed E-state index contributed by atoms with van der Waals surface area (Å²) in [6.07, 6.45) is 2.96. The van der Waals surface area contributed by atoms with Crippen molar-refractivity contribution in [2.24, 2.45) is 0 Å². The van der Waals surface area contributed by atoms with E-state index in [1.807, 2.05) is 43.3 Å². The lowest BCUT2D eigenvalue weighted by molar-refractivity contribution is -0.122. The molecule has 2 atom stereocenters. The van der Waals surface area contributed by atoms with Crippen molar-refractivity contribution in [3.63, 3.8) is 0 Å². The summed E-state index contributed by atoms with van der Waals surface area (Å²) in [5, 5.41) is 9.71. The van der Waals surface area contributed by atoms with Gasteiger partial charge in [0.05, 0.1) is 25.9 Å². The number of methoxy groups -OCH3 is 1. The second kappa shape index (κ2) is 9.98. The quantitative estimate of drug-likeness (QED) is 0.671. The van der Waals surface area contributed by atoms with Gasteiger partial charge in [-0.3, -0.25) is 4.79 Å². The Morgan fingerprint density at radius 2 is 1.96 bits per heavy atom. The van der Waals surface area contributed by atoms with Crippen molar-refractivity contribution in [2.45, 2.75) is 45.5 Å². The largest absolute Gasteiger partial charge is 0.497 e. The maximum absolute atomic E-state index is 12.0. The van der Waals surface area contributed by atoms with E-state index in [1.165, 1.54) is 0 Å². The van der Waals surface area contributed by atoms with Gasteiger partial charge in [-0.25, -0.2) is 0 Å². The fourth-order valence-corrected chi connectivity index (χ4v) is 2.02. The number of Topliss-reactive ketones (excluding diaryl/α,β-unsaturated/α-hetero) is 1. The highest BCUT2D eigenvalue weighted by Crippen LogP contribution is 2.15. The third-order valence-corrected chi connectivity index (χ3v) is 3.45. The van der Waals surface area contributed by atoms with Gasteiger partial charge in [0.25, 0.3) is 0 Å². The van der Waals surface area contributed by atoms with Gasteiger partial charge in [0.1, 0.15) is 11.5 Å². The van der Waals surface area contributed by atoms with E-state index in [-0.39, 0.29) is 24.7 Å². The van der Waals surface area contributed by atoms with E-state index < -0.39 is 6.10 Å². The van der Waals surface area contributed by atoms with Crippen molar-refractivity contribution in [1.29, 1.82) is 0 Å². The molecule has 0 fully saturated rings. The third-order valence-electron chi connectivity index (χ3n) is 3.45. The Hall–Kier alpha value is -1.91. The van der Waals surface area contributed by atoms with Crippen LogP contribution in [0.15, 0.2) is 48.6 Å². The molecule has 0 aliphatic carbocycles. The molecule has 0 spiro atoms. The van der Waals surface area contributed by atoms with Crippen LogP contribution in [0.5, 0.6) is 5.75 Å². The number of carbonyl (C=O) groups excluding carboxylic acids is 1. The van der Waals surface area contributed by atoms with Crippen LogP contribution < -0.4 is 4.74 Å². The highest BCUT2D eigenvalue weighted by Gasteiger charge is 2.16. The number of hydrogen-bond acceptors (Lipinski definition) is 4. The molecule has 0 bridgehead atoms. The zero-order chi connectivity index (χ0) is 17.2. The molecule has 0 unspecified atom stereocenters. The second-order valence-corrected chi connectivity index (χ2v) is 5.53. The van der Waals surface area contributed by atoms with Crippen LogP contribution in [-0.4, -0.2) is 30.2 Å². The maximum Gasteiger partial charge on any atom is 0.138 e. The van der Waals surface area contributed by atoms with E-state index in [9.17, 15) is 9.90 Å². The number of aliphatic hydroxyl groups excluding tert-OH is 1. The molecule has 0 aliphatic rings. The van der Waals surface area contributed by atoms with Crippen LogP contribution in [0.2, 0.25) is 0 Å². The summed E-state index contributed by atoms with van der Waals surface area (Å²) in [5.41, 5.74) is 1.61. The van der Waals surface area contributed by atoms with Gasteiger partial charge in [-0.1, -0.05) is 36.4 Å². The average Bonchev–Trinajstić information content (AvgIpc) is 2.53. The van der Waals surface area contributed by atoms with Crippen molar-refractivity contribution in [2.75, 3.05) is 7.11 Å². The number of benzene rings is 1. The summed E-state index contributed by atoms with van der Waals surface area (Å²) in [6.45, 7) is 7.66. The molecule has 0 heterocycles. The highest BCUT2D eigenvalue weighted by molar-refractivity contribution is 5.80. The van der Waals surface area contributed by atoms with Crippen molar-refractivity contribution in [3.05, 3.63) is 54.1 Å². The maximum atomic E-state index is 12.0. The first-order chi connectivity index (χ1) is 11.0. The summed E-state index contributed by atoms with van der Waals surface area (Å²) >= 11 is 0. The van der Waals surface area contributed by atoms with Crippen LogP contribution in [0.1, 0.15) is 32.3 Å². The van der Waals surface area contributed by atoms with Crippen molar-refractivity contribution in [1.82, 2.24) is 0 Å². The minimum atomic E-state index is -0.782. The number of rotatable bonds is 10. The Morgan fingerprint density at radius 3 is 2.48 bits per heavy atom. The lowest BCUT2D eigenvalue weighted by Gasteiger charge is -2.15. The predicted molar refractivity (Wildman–Crippen MR) is 91.4 cm³/mol. The van der Waals surface area contributed by atoms with Gasteiger partial charge in [-0.2, -0.15) is 0 Å². The number of aliphatic hydroxyl groups is 1. The molecule has 0 saturated heterocycles. The van der Waals surface area contributed by atoms with Crippen LogP contribution in [0, 0.1) is 0 Å². The van der Waals surface area contributed by atoms with Crippen molar-refractivity contribution >= 4 is 5.78 Å². The van der Waals surface area contributed by atoms with Gasteiger partial charge in [0.2, 0.25) is 0 Å². The predicted octanol–water partition coefficient (Wildman–Crippen LogP) is 3.44. The van der Waals surface area contributed by atoms with E-state index in [0.29, 0.717) is 12.2 Å². The van der Waals surface area contributed by atoms with Crippen LogP contribution in [0.25, 0.3) is 0 Å². The first-order valence-electron chi connectivity index (χ1n) is 7.68. The molecule has 126 valence electrons. The van der Waals surface area contributed by atoms with Crippen LogP contribution in [-0.2, 0) is 16.1 Å². The first kappa shape index (κ1) is 19.1. The van der Waals surface area contributed by atoms with Gasteiger partial charge in [-0.05, 0) is 31.5 Å². The molecular formula is C19H26O4. The average molecular weight is 318 g/mol. The molecule has 0 amide bonds. The molecule has 23 heavy (non-hydrogen) atoms. The van der Waals surface area contributed by atoms with E-state index in [4.69, 9.17) is 9.47 Å². The van der Waals surface area contributed by atoms with E-state index >= 15 is 0 Å². The van der Waals surface area contributed by atoms with E-state index in [1.54, 1.807) is 14.0 Å². The lowest BCUT2D eigenvalue weighted by atomic mass is 10.0. The molecule has 0 radical (unpaired) electrons. The molecule has 0 saturated carbocycles. The first-order valence-corrected chi connectivity index (χ1v) is 7.68. The SMILES string of the molecule is C=C(C)[C@H](O)CC(=O)C[C@H](/C=C/C)OCc1ccc(OC)cc1. The lowest BCUT2D eigenvalue weighted by Crippen LogP contribution is -2.20. The van der Waals surface area contributed by atoms with Crippen molar-refractivity contribution < 1.29 is 19.4 Å². The number of ketones is 1. The molecule has 4 nitrogen and oxygen atoms in total. The minimum absolute atomic E-state index is 0.0432. The Labute approximate surface area is 138 Å². The van der Waals surface area contributed by atoms with Gasteiger partial charge < -0.3 is 14.6 Å². The Bertz CT molecular complexity index is 531. The summed E-state index contributed by atoms with van der Waals surface area (Å²) in [5.74, 6) is 0.751. The normalized spacial score (nSPS) is 13.7.